The van der Waals surface area contributed by atoms with Gasteiger partial charge in [-0.05, 0) is 61.1 Å². The molecule has 19 heteroatoms. The maximum absolute atomic E-state index is 14.7. The maximum atomic E-state index is 14.7. The van der Waals surface area contributed by atoms with E-state index in [1.165, 1.54) is 46.0 Å². The molecule has 5 heterocycles. The van der Waals surface area contributed by atoms with E-state index in [4.69, 9.17) is 19.9 Å². The fourth-order valence-electron chi connectivity index (χ4n) is 6.47. The zero-order valence-electron chi connectivity index (χ0n) is 30.9. The normalized spacial score (nSPS) is 13.7. The van der Waals surface area contributed by atoms with Gasteiger partial charge in [-0.15, -0.1) is 0 Å². The van der Waals surface area contributed by atoms with Crippen LogP contribution in [0.2, 0.25) is 0 Å². The molecule has 6 aromatic rings. The van der Waals surface area contributed by atoms with Crippen LogP contribution in [-0.2, 0) is 9.68 Å². The van der Waals surface area contributed by atoms with Gasteiger partial charge in [0, 0.05) is 31.2 Å². The predicted octanol–water partition coefficient (Wildman–Crippen LogP) is 5.50. The van der Waals surface area contributed by atoms with Crippen LogP contribution in [0.4, 0.5) is 46.0 Å². The number of amides is 2. The van der Waals surface area contributed by atoms with E-state index in [0.29, 0.717) is 17.0 Å². The van der Waals surface area contributed by atoms with Crippen LogP contribution in [0.3, 0.4) is 0 Å². The van der Waals surface area contributed by atoms with E-state index >= 15 is 0 Å². The average Bonchev–Trinajstić information content (AvgIpc) is 3.82. The summed E-state index contributed by atoms with van der Waals surface area (Å²) in [6.45, 7) is 0.827. The molecule has 304 valence electrons. The van der Waals surface area contributed by atoms with Gasteiger partial charge < -0.3 is 34.5 Å². The lowest BCUT2D eigenvalue weighted by atomic mass is 9.80. The molecule has 1 saturated heterocycles. The molecule has 2 amide bonds. The Morgan fingerprint density at radius 2 is 1.22 bits per heavy atom. The summed E-state index contributed by atoms with van der Waals surface area (Å²) in [6.07, 6.45) is 12.1. The number of hydrogen-bond donors (Lipinski definition) is 6. The molecular formula is C39H39F4N9O6. The summed E-state index contributed by atoms with van der Waals surface area (Å²) in [7, 11) is 0. The number of nitrogens with zero attached hydrogens (tertiary/aromatic N) is 5. The second-order valence-electron chi connectivity index (χ2n) is 13.5. The van der Waals surface area contributed by atoms with Crippen molar-refractivity contribution < 1.29 is 47.0 Å². The third kappa shape index (κ3) is 8.52. The lowest BCUT2D eigenvalue weighted by molar-refractivity contribution is 0.0163. The lowest BCUT2D eigenvalue weighted by Gasteiger charge is -2.33. The number of carbonyl (C=O) groups is 2. The highest BCUT2D eigenvalue weighted by Gasteiger charge is 2.25. The number of imidazole rings is 2. The summed E-state index contributed by atoms with van der Waals surface area (Å²) >= 11 is 0. The number of hydroxylamine groups is 2. The molecule has 15 nitrogen and oxygen atoms in total. The molecule has 0 radical (unpaired) electrons. The average molecular weight is 806 g/mol. The van der Waals surface area contributed by atoms with Gasteiger partial charge in [0.25, 0.3) is 11.8 Å². The minimum atomic E-state index is -0.875. The predicted molar refractivity (Wildman–Crippen MR) is 204 cm³/mol. The third-order valence-corrected chi connectivity index (χ3v) is 9.76. The number of halogens is 4. The Bertz CT molecular complexity index is 2270. The fourth-order valence-corrected chi connectivity index (χ4v) is 6.47. The number of anilines is 5. The molecule has 0 atom stereocenters. The van der Waals surface area contributed by atoms with E-state index in [1.807, 2.05) is 11.0 Å². The Hall–Kier alpha value is -6.28. The van der Waals surface area contributed by atoms with Gasteiger partial charge >= 0.3 is 0 Å². The monoisotopic (exact) mass is 805 g/mol. The van der Waals surface area contributed by atoms with E-state index in [0.717, 1.165) is 62.4 Å². The third-order valence-electron chi connectivity index (χ3n) is 9.76. The summed E-state index contributed by atoms with van der Waals surface area (Å²) in [5.74, 6) is -4.07. The summed E-state index contributed by atoms with van der Waals surface area (Å²) in [6, 6.07) is 9.62. The van der Waals surface area contributed by atoms with Crippen LogP contribution < -0.4 is 26.5 Å². The van der Waals surface area contributed by atoms with Crippen LogP contribution in [0, 0.1) is 23.3 Å². The minimum absolute atomic E-state index is 0.0446. The quantitative estimate of drug-likeness (QED) is 0.0466. The van der Waals surface area contributed by atoms with Gasteiger partial charge in [-0.3, -0.25) is 19.3 Å². The van der Waals surface area contributed by atoms with Crippen LogP contribution in [0.15, 0.2) is 73.8 Å². The van der Waals surface area contributed by atoms with Crippen molar-refractivity contribution in [2.24, 2.45) is 0 Å². The van der Waals surface area contributed by atoms with Crippen LogP contribution in [0.5, 0.6) is 0 Å². The molecule has 1 saturated carbocycles. The fraction of sp³-hybridized carbons (Fsp3) is 0.282. The summed E-state index contributed by atoms with van der Waals surface area (Å²) < 4.78 is 61.6. The van der Waals surface area contributed by atoms with Gasteiger partial charge in [0.2, 0.25) is 0 Å². The molecule has 6 N–H and O–H groups in total. The van der Waals surface area contributed by atoms with Gasteiger partial charge in [-0.2, -0.15) is 0 Å². The van der Waals surface area contributed by atoms with E-state index in [2.05, 4.69) is 31.6 Å². The molecule has 2 aromatic carbocycles. The molecule has 2 aliphatic rings. The van der Waals surface area contributed by atoms with Crippen molar-refractivity contribution in [2.45, 2.75) is 31.6 Å². The molecule has 4 aromatic heterocycles. The van der Waals surface area contributed by atoms with Crippen molar-refractivity contribution in [3.63, 3.8) is 0 Å². The highest BCUT2D eigenvalue weighted by atomic mass is 19.1. The summed E-state index contributed by atoms with van der Waals surface area (Å²) in [5.41, 5.74) is 6.22. The SMILES string of the molecule is O=C(NOCCO)c1c(F)cn2cncc2c1Nc1ccc(C2CCC2)cc1F.O=C(NOCCO)c1c(F)cn2cncc2c1Nc1ccc(N2CCC2)cc1F. The minimum Gasteiger partial charge on any atom is -0.394 e. The van der Waals surface area contributed by atoms with Crippen LogP contribution in [-0.4, -0.2) is 80.3 Å². The van der Waals surface area contributed by atoms with Crippen molar-refractivity contribution in [1.82, 2.24) is 29.7 Å². The highest BCUT2D eigenvalue weighted by molar-refractivity contribution is 6.04. The second kappa shape index (κ2) is 17.9. The summed E-state index contributed by atoms with van der Waals surface area (Å²) in [4.78, 5) is 44.5. The van der Waals surface area contributed by atoms with Gasteiger partial charge in [-0.1, -0.05) is 12.5 Å². The Morgan fingerprint density at radius 1 is 0.707 bits per heavy atom. The second-order valence-corrected chi connectivity index (χ2v) is 13.5. The number of benzene rings is 2. The molecule has 1 aliphatic carbocycles. The molecule has 1 aliphatic heterocycles. The van der Waals surface area contributed by atoms with Gasteiger partial charge in [-0.25, -0.2) is 38.5 Å². The number of carbonyl (C=O) groups excluding carboxylic acids is 2. The Kier molecular flexibility index (Phi) is 12.3. The number of rotatable bonds is 14. The van der Waals surface area contributed by atoms with Crippen molar-refractivity contribution in [3.05, 3.63) is 114 Å². The van der Waals surface area contributed by atoms with Crippen molar-refractivity contribution in [2.75, 3.05) is 55.1 Å². The number of fused-ring (bicyclic) bond motifs is 2. The molecule has 8 rings (SSSR count). The summed E-state index contributed by atoms with van der Waals surface area (Å²) in [5, 5.41) is 23.2. The van der Waals surface area contributed by atoms with E-state index < -0.39 is 35.1 Å². The molecule has 2 fully saturated rings. The number of pyridine rings is 2. The van der Waals surface area contributed by atoms with Crippen LogP contribution in [0.1, 0.15) is 57.9 Å². The Labute approximate surface area is 328 Å². The first kappa shape index (κ1) is 39.9. The topological polar surface area (TPSA) is 179 Å². The van der Waals surface area contributed by atoms with Gasteiger partial charge in [0.15, 0.2) is 11.6 Å². The Morgan fingerprint density at radius 3 is 1.66 bits per heavy atom. The first-order valence-electron chi connectivity index (χ1n) is 18.4. The van der Waals surface area contributed by atoms with E-state index in [-0.39, 0.29) is 60.3 Å². The zero-order valence-corrected chi connectivity index (χ0v) is 30.9. The first-order chi connectivity index (χ1) is 28.2. The lowest BCUT2D eigenvalue weighted by Crippen LogP contribution is -2.36. The van der Waals surface area contributed by atoms with Gasteiger partial charge in [0.05, 0.1) is 85.3 Å². The standard InChI is InChI=1S/C20H20F2N4O3.C19H19F2N5O3/c21-14-8-13(12-2-1-3-12)4-5-16(14)24-19-17-9-23-11-26(17)10-15(22)18(19)20(28)25-29-7-6-27;20-13-8-12(25-4-1-5-25)2-3-15(13)23-18-16-9-22-11-26(16)10-14(21)17(18)19(28)24-29-7-6-27/h4-5,8-12,24,27H,1-3,6-7H2,(H,25,28);2-3,8-11,23,27H,1,4-7H2,(H,24,28). The highest BCUT2D eigenvalue weighted by Crippen LogP contribution is 2.38. The number of aliphatic hydroxyl groups excluding tert-OH is 2. The van der Waals surface area contributed by atoms with E-state index in [9.17, 15) is 27.2 Å². The van der Waals surface area contributed by atoms with E-state index in [1.54, 1.807) is 18.2 Å². The smallest absolute Gasteiger partial charge is 0.280 e. The largest absolute Gasteiger partial charge is 0.394 e. The van der Waals surface area contributed by atoms with Crippen molar-refractivity contribution in [3.8, 4) is 0 Å². The first-order valence-corrected chi connectivity index (χ1v) is 18.4. The van der Waals surface area contributed by atoms with Gasteiger partial charge in [0.1, 0.15) is 22.8 Å². The van der Waals surface area contributed by atoms with Crippen molar-refractivity contribution in [1.29, 1.82) is 0 Å². The Balaban J connectivity index is 0.000000177. The number of aliphatic hydroxyl groups is 2. The number of hydrogen-bond acceptors (Lipinski definition) is 11. The molecule has 0 spiro atoms. The molecule has 58 heavy (non-hydrogen) atoms. The molecular weight excluding hydrogens is 766 g/mol. The van der Waals surface area contributed by atoms with Crippen LogP contribution in [0.25, 0.3) is 11.0 Å². The molecule has 0 bridgehead atoms. The number of aromatic nitrogens is 4. The van der Waals surface area contributed by atoms with Crippen LogP contribution >= 0.6 is 0 Å². The number of nitrogens with one attached hydrogen (secondary N) is 4. The molecule has 0 unspecified atom stereocenters. The zero-order chi connectivity index (χ0) is 40.8. The van der Waals surface area contributed by atoms with Crippen molar-refractivity contribution >= 4 is 51.3 Å². The maximum Gasteiger partial charge on any atom is 0.280 e.